The predicted octanol–water partition coefficient (Wildman–Crippen LogP) is 4.20. The van der Waals surface area contributed by atoms with Crippen LogP contribution in [0.1, 0.15) is 48.9 Å². The fraction of sp³-hybridized carbons (Fsp3) is 0.500. The summed E-state index contributed by atoms with van der Waals surface area (Å²) in [7, 11) is 2.05. The molecule has 2 aliphatic carbocycles. The fourth-order valence-corrected chi connectivity index (χ4v) is 3.08. The smallest absolute Gasteiger partial charge is 0.0411 e. The van der Waals surface area contributed by atoms with Gasteiger partial charge in [-0.15, -0.1) is 0 Å². The number of hydrogen-bond acceptors (Lipinski definition) is 1. The number of rotatable bonds is 1. The van der Waals surface area contributed by atoms with Gasteiger partial charge in [0.15, 0.2) is 0 Å². The van der Waals surface area contributed by atoms with E-state index in [0.29, 0.717) is 0 Å². The Morgan fingerprint density at radius 2 is 1.82 bits per heavy atom. The Bertz CT molecular complexity index is 443. The number of benzene rings is 1. The summed E-state index contributed by atoms with van der Waals surface area (Å²) < 4.78 is 0. The summed E-state index contributed by atoms with van der Waals surface area (Å²) in [5.41, 5.74) is 8.82. The molecule has 0 spiro atoms. The van der Waals surface area contributed by atoms with Gasteiger partial charge in [-0.2, -0.15) is 0 Å². The summed E-state index contributed by atoms with van der Waals surface area (Å²) in [6, 6.07) is 2.40. The number of anilines is 1. The van der Waals surface area contributed by atoms with Crippen molar-refractivity contribution >= 4 is 11.3 Å². The topological polar surface area (TPSA) is 12.0 Å². The van der Waals surface area contributed by atoms with Gasteiger partial charge in [0, 0.05) is 12.7 Å². The Morgan fingerprint density at radius 1 is 1.06 bits per heavy atom. The van der Waals surface area contributed by atoms with Crippen LogP contribution in [0.25, 0.3) is 5.57 Å². The molecular formula is C16H23N. The summed E-state index contributed by atoms with van der Waals surface area (Å²) in [5, 5.41) is 3.41. The molecule has 1 nitrogen and oxygen atoms in total. The Hall–Kier alpha value is -1.24. The Balaban J connectivity index is 0.000000514. The van der Waals surface area contributed by atoms with Crippen molar-refractivity contribution < 1.29 is 0 Å². The van der Waals surface area contributed by atoms with Crippen LogP contribution in [-0.4, -0.2) is 7.05 Å². The van der Waals surface area contributed by atoms with Crippen molar-refractivity contribution in [1.82, 2.24) is 0 Å². The zero-order chi connectivity index (χ0) is 12.4. The second-order valence-corrected chi connectivity index (χ2v) is 4.62. The van der Waals surface area contributed by atoms with Gasteiger partial charge in [0.05, 0.1) is 0 Å². The van der Waals surface area contributed by atoms with Crippen LogP contribution < -0.4 is 5.32 Å². The molecule has 0 aliphatic heterocycles. The molecule has 0 atom stereocenters. The molecule has 0 unspecified atom stereocenters. The van der Waals surface area contributed by atoms with Crippen LogP contribution in [0.3, 0.4) is 0 Å². The van der Waals surface area contributed by atoms with Gasteiger partial charge in [0.2, 0.25) is 0 Å². The number of nitrogens with one attached hydrogen (secondary N) is 1. The summed E-state index contributed by atoms with van der Waals surface area (Å²) >= 11 is 0. The van der Waals surface area contributed by atoms with E-state index in [-0.39, 0.29) is 0 Å². The predicted molar refractivity (Wildman–Crippen MR) is 76.7 cm³/mol. The lowest BCUT2D eigenvalue weighted by molar-refractivity contribution is 0.911. The van der Waals surface area contributed by atoms with Gasteiger partial charge < -0.3 is 5.32 Å². The molecule has 17 heavy (non-hydrogen) atoms. The molecule has 0 saturated carbocycles. The SMILES string of the molecule is C=C1CCc2c1cc1c(c2NC)CCC1.CC. The molecule has 2 aliphatic rings. The highest BCUT2D eigenvalue weighted by Crippen LogP contribution is 2.41. The third-order valence-electron chi connectivity index (χ3n) is 3.82. The number of hydrogen-bond donors (Lipinski definition) is 1. The normalized spacial score (nSPS) is 16.1. The summed E-state index contributed by atoms with van der Waals surface area (Å²) in [6.45, 7) is 8.17. The maximum Gasteiger partial charge on any atom is 0.0411 e. The van der Waals surface area contributed by atoms with Gasteiger partial charge in [0.1, 0.15) is 0 Å². The molecule has 3 rings (SSSR count). The van der Waals surface area contributed by atoms with Crippen molar-refractivity contribution in [3.63, 3.8) is 0 Å². The molecular weight excluding hydrogens is 206 g/mol. The Morgan fingerprint density at radius 3 is 2.53 bits per heavy atom. The van der Waals surface area contributed by atoms with Gasteiger partial charge in [-0.1, -0.05) is 26.5 Å². The van der Waals surface area contributed by atoms with Crippen LogP contribution in [0.5, 0.6) is 0 Å². The lowest BCUT2D eigenvalue weighted by Gasteiger charge is -2.14. The first-order chi connectivity index (χ1) is 8.31. The van der Waals surface area contributed by atoms with E-state index in [1.807, 2.05) is 13.8 Å². The van der Waals surface area contributed by atoms with Gasteiger partial charge in [0.25, 0.3) is 0 Å². The molecule has 0 radical (unpaired) electrons. The van der Waals surface area contributed by atoms with Crippen molar-refractivity contribution in [2.24, 2.45) is 0 Å². The van der Waals surface area contributed by atoms with Crippen LogP contribution in [-0.2, 0) is 19.3 Å². The molecule has 1 N–H and O–H groups in total. The Kier molecular flexibility index (Phi) is 3.56. The molecule has 1 aromatic rings. The number of allylic oxidation sites excluding steroid dienone is 1. The van der Waals surface area contributed by atoms with E-state index in [4.69, 9.17) is 0 Å². The maximum absolute atomic E-state index is 4.17. The second kappa shape index (κ2) is 4.95. The first-order valence-corrected chi connectivity index (χ1v) is 6.85. The average molecular weight is 229 g/mol. The standard InChI is InChI=1S/C14H17N.C2H6/c1-9-6-7-12-13(9)8-10-4-3-5-11(10)14(12)15-2;1-2/h8,15H,1,3-7H2,2H3;1-2H3. The Labute approximate surface area is 105 Å². The van der Waals surface area contributed by atoms with E-state index in [9.17, 15) is 0 Å². The highest BCUT2D eigenvalue weighted by molar-refractivity contribution is 5.79. The lowest BCUT2D eigenvalue weighted by Crippen LogP contribution is -2.00. The van der Waals surface area contributed by atoms with Crippen LogP contribution in [0, 0.1) is 0 Å². The van der Waals surface area contributed by atoms with Crippen LogP contribution in [0.2, 0.25) is 0 Å². The first kappa shape index (κ1) is 12.2. The van der Waals surface area contributed by atoms with Gasteiger partial charge in [-0.05, 0) is 59.9 Å². The summed E-state index contributed by atoms with van der Waals surface area (Å²) in [4.78, 5) is 0. The van der Waals surface area contributed by atoms with Crippen molar-refractivity contribution in [2.45, 2.75) is 46.0 Å². The molecule has 0 saturated heterocycles. The van der Waals surface area contributed by atoms with Gasteiger partial charge >= 0.3 is 0 Å². The minimum atomic E-state index is 1.15. The number of aryl methyl sites for hydroxylation is 1. The molecule has 92 valence electrons. The van der Waals surface area contributed by atoms with E-state index in [1.165, 1.54) is 48.1 Å². The zero-order valence-electron chi connectivity index (χ0n) is 11.3. The largest absolute Gasteiger partial charge is 0.388 e. The van der Waals surface area contributed by atoms with Crippen molar-refractivity contribution in [1.29, 1.82) is 0 Å². The van der Waals surface area contributed by atoms with E-state index < -0.39 is 0 Å². The minimum absolute atomic E-state index is 1.15. The summed E-state index contributed by atoms with van der Waals surface area (Å²) in [6.07, 6.45) is 6.15. The van der Waals surface area contributed by atoms with Crippen LogP contribution >= 0.6 is 0 Å². The van der Waals surface area contributed by atoms with Crippen molar-refractivity contribution in [2.75, 3.05) is 12.4 Å². The van der Waals surface area contributed by atoms with Crippen molar-refractivity contribution in [3.05, 3.63) is 34.9 Å². The molecule has 1 aromatic carbocycles. The van der Waals surface area contributed by atoms with Gasteiger partial charge in [-0.3, -0.25) is 0 Å². The van der Waals surface area contributed by atoms with Gasteiger partial charge in [-0.25, -0.2) is 0 Å². The minimum Gasteiger partial charge on any atom is -0.388 e. The lowest BCUT2D eigenvalue weighted by atomic mass is 9.98. The van der Waals surface area contributed by atoms with E-state index in [2.05, 4.69) is 25.0 Å². The third-order valence-corrected chi connectivity index (χ3v) is 3.82. The van der Waals surface area contributed by atoms with Crippen molar-refractivity contribution in [3.8, 4) is 0 Å². The molecule has 0 bridgehead atoms. The van der Waals surface area contributed by atoms with Crippen LogP contribution in [0.15, 0.2) is 12.6 Å². The quantitative estimate of drug-likeness (QED) is 0.761. The highest BCUT2D eigenvalue weighted by Gasteiger charge is 2.24. The first-order valence-electron chi connectivity index (χ1n) is 6.85. The van der Waals surface area contributed by atoms with E-state index in [1.54, 1.807) is 11.1 Å². The van der Waals surface area contributed by atoms with E-state index in [0.717, 1.165) is 6.42 Å². The zero-order valence-corrected chi connectivity index (χ0v) is 11.3. The third kappa shape index (κ3) is 1.88. The fourth-order valence-electron chi connectivity index (χ4n) is 3.08. The molecule has 0 amide bonds. The monoisotopic (exact) mass is 229 g/mol. The van der Waals surface area contributed by atoms with Crippen LogP contribution in [0.4, 0.5) is 5.69 Å². The average Bonchev–Trinajstić information content (AvgIpc) is 2.97. The second-order valence-electron chi connectivity index (χ2n) is 4.62. The maximum atomic E-state index is 4.17. The highest BCUT2D eigenvalue weighted by atomic mass is 14.8. The molecule has 0 aromatic heterocycles. The number of fused-ring (bicyclic) bond motifs is 2. The molecule has 0 heterocycles. The molecule has 1 heteroatoms. The summed E-state index contributed by atoms with van der Waals surface area (Å²) in [5.74, 6) is 0. The van der Waals surface area contributed by atoms with E-state index >= 15 is 0 Å². The molecule has 0 fully saturated rings.